The van der Waals surface area contributed by atoms with Gasteiger partial charge in [-0.15, -0.1) is 0 Å². The molecule has 0 aliphatic carbocycles. The van der Waals surface area contributed by atoms with Crippen LogP contribution >= 0.6 is 0 Å². The lowest BCUT2D eigenvalue weighted by Gasteiger charge is -1.91. The fourth-order valence-electron chi connectivity index (χ4n) is 1.45. The third kappa shape index (κ3) is 3.88. The minimum Gasteiger partial charge on any atom is -0.265 e. The van der Waals surface area contributed by atoms with Gasteiger partial charge in [-0.25, -0.2) is 0 Å². The molecule has 1 heterocycles. The molecule has 2 aromatic rings. The molecule has 1 aromatic carbocycles. The predicted octanol–water partition coefficient (Wildman–Crippen LogP) is 2.91. The van der Waals surface area contributed by atoms with E-state index in [1.807, 2.05) is 30.3 Å². The molecule has 1 aromatic heterocycles. The highest BCUT2D eigenvalue weighted by Crippen LogP contribution is 2.04. The third-order valence-corrected chi connectivity index (χ3v) is 2.40. The summed E-state index contributed by atoms with van der Waals surface area (Å²) in [7, 11) is 0. The van der Waals surface area contributed by atoms with Crippen LogP contribution in [0.2, 0.25) is 0 Å². The molecule has 0 aliphatic rings. The maximum absolute atomic E-state index is 8.92. The van der Waals surface area contributed by atoms with E-state index >= 15 is 0 Å². The van der Waals surface area contributed by atoms with E-state index in [0.717, 1.165) is 11.1 Å². The molecule has 2 rings (SSSR count). The van der Waals surface area contributed by atoms with Crippen molar-refractivity contribution in [1.82, 2.24) is 4.98 Å². The molecule has 0 spiro atoms. The van der Waals surface area contributed by atoms with Crippen LogP contribution in [-0.2, 0) is 0 Å². The van der Waals surface area contributed by atoms with Gasteiger partial charge in [-0.1, -0.05) is 35.8 Å². The average molecular weight is 254 g/mol. The van der Waals surface area contributed by atoms with Crippen LogP contribution in [0.3, 0.4) is 0 Å². The normalized spacial score (nSPS) is 8.95. The summed E-state index contributed by atoms with van der Waals surface area (Å²) in [6.07, 6.45) is 6.75. The van der Waals surface area contributed by atoms with Crippen molar-refractivity contribution < 1.29 is 0 Å². The summed E-state index contributed by atoms with van der Waals surface area (Å²) in [5.41, 5.74) is 2.21. The fraction of sp³-hybridized carbons (Fsp3) is 0. The molecule has 0 bridgehead atoms. The van der Waals surface area contributed by atoms with Crippen LogP contribution in [0, 0.1) is 35.0 Å². The van der Waals surface area contributed by atoms with Crippen molar-refractivity contribution >= 4 is 0 Å². The van der Waals surface area contributed by atoms with E-state index in [2.05, 4.69) is 34.7 Å². The van der Waals surface area contributed by atoms with Crippen LogP contribution in [0.25, 0.3) is 0 Å². The Bertz CT molecular complexity index is 773. The Morgan fingerprint density at radius 1 is 0.850 bits per heavy atom. The summed E-state index contributed by atoms with van der Waals surface area (Å²) in [6, 6.07) is 13.0. The van der Waals surface area contributed by atoms with Crippen molar-refractivity contribution in [1.29, 1.82) is 5.26 Å². The lowest BCUT2D eigenvalue weighted by molar-refractivity contribution is 1.32. The van der Waals surface area contributed by atoms with E-state index in [0.29, 0.717) is 5.56 Å². The van der Waals surface area contributed by atoms with Crippen LogP contribution in [0.4, 0.5) is 0 Å². The van der Waals surface area contributed by atoms with Crippen molar-refractivity contribution in [2.75, 3.05) is 0 Å². The molecule has 2 nitrogen and oxygen atoms in total. The lowest BCUT2D eigenvalue weighted by atomic mass is 10.1. The molecule has 0 radical (unpaired) electrons. The van der Waals surface area contributed by atoms with Crippen LogP contribution < -0.4 is 0 Å². The molecule has 0 atom stereocenters. The molecule has 0 aliphatic heterocycles. The van der Waals surface area contributed by atoms with Gasteiger partial charge in [-0.2, -0.15) is 5.26 Å². The minimum absolute atomic E-state index is 0.580. The fourth-order valence-corrected chi connectivity index (χ4v) is 1.45. The van der Waals surface area contributed by atoms with E-state index in [1.54, 1.807) is 30.6 Å². The first-order valence-electron chi connectivity index (χ1n) is 5.97. The van der Waals surface area contributed by atoms with Crippen molar-refractivity contribution in [3.05, 3.63) is 77.6 Å². The van der Waals surface area contributed by atoms with Gasteiger partial charge in [0.05, 0.1) is 5.56 Å². The Morgan fingerprint density at radius 2 is 1.50 bits per heavy atom. The Hall–Kier alpha value is -3.28. The first-order chi connectivity index (χ1) is 9.90. The number of nitriles is 1. The summed E-state index contributed by atoms with van der Waals surface area (Å²) >= 11 is 0. The van der Waals surface area contributed by atoms with Crippen molar-refractivity contribution in [2.24, 2.45) is 0 Å². The monoisotopic (exact) mass is 254 g/mol. The topological polar surface area (TPSA) is 36.7 Å². The van der Waals surface area contributed by atoms with Crippen molar-refractivity contribution in [3.8, 4) is 29.8 Å². The molecular weight excluding hydrogens is 244 g/mol. The van der Waals surface area contributed by atoms with Crippen LogP contribution in [0.1, 0.15) is 16.7 Å². The molecular formula is C18H10N2. The van der Waals surface area contributed by atoms with Crippen LogP contribution in [0.5, 0.6) is 0 Å². The van der Waals surface area contributed by atoms with Gasteiger partial charge in [0.25, 0.3) is 0 Å². The molecule has 0 fully saturated rings. The van der Waals surface area contributed by atoms with E-state index in [-0.39, 0.29) is 0 Å². The SMILES string of the molecule is N#Cc1ccccc1C#CC=CC#Cc1ccncc1. The summed E-state index contributed by atoms with van der Waals surface area (Å²) < 4.78 is 0. The Labute approximate surface area is 118 Å². The smallest absolute Gasteiger partial charge is 0.100 e. The summed E-state index contributed by atoms with van der Waals surface area (Å²) in [6.45, 7) is 0. The molecule has 0 saturated carbocycles. The number of nitrogens with zero attached hydrogens (tertiary/aromatic N) is 2. The molecule has 0 saturated heterocycles. The Morgan fingerprint density at radius 3 is 2.20 bits per heavy atom. The standard InChI is InChI=1S/C18H10N2/c19-15-18-10-6-5-9-17(18)8-4-2-1-3-7-16-11-13-20-14-12-16/h1-2,5-6,9-14H. The number of rotatable bonds is 0. The van der Waals surface area contributed by atoms with Gasteiger partial charge in [0.15, 0.2) is 0 Å². The predicted molar refractivity (Wildman–Crippen MR) is 78.3 cm³/mol. The maximum atomic E-state index is 8.92. The van der Waals surface area contributed by atoms with E-state index in [1.165, 1.54) is 0 Å². The lowest BCUT2D eigenvalue weighted by Crippen LogP contribution is -1.80. The second kappa shape index (κ2) is 7.22. The minimum atomic E-state index is 0.580. The second-order valence-electron chi connectivity index (χ2n) is 3.77. The largest absolute Gasteiger partial charge is 0.265 e. The van der Waals surface area contributed by atoms with Gasteiger partial charge in [0.1, 0.15) is 6.07 Å². The number of benzene rings is 1. The first kappa shape index (κ1) is 13.2. The van der Waals surface area contributed by atoms with Gasteiger partial charge in [-0.05, 0) is 36.4 Å². The van der Waals surface area contributed by atoms with E-state index in [4.69, 9.17) is 5.26 Å². The quantitative estimate of drug-likeness (QED) is 0.678. The number of hydrogen-bond donors (Lipinski definition) is 0. The van der Waals surface area contributed by atoms with Crippen molar-refractivity contribution in [3.63, 3.8) is 0 Å². The highest BCUT2D eigenvalue weighted by atomic mass is 14.6. The molecule has 0 unspecified atom stereocenters. The summed E-state index contributed by atoms with van der Waals surface area (Å²) in [4.78, 5) is 3.92. The number of allylic oxidation sites excluding steroid dienone is 2. The molecule has 92 valence electrons. The Balaban J connectivity index is 2.04. The molecule has 0 amide bonds. The summed E-state index contributed by atoms with van der Waals surface area (Å²) in [5, 5.41) is 8.92. The first-order valence-corrected chi connectivity index (χ1v) is 5.97. The van der Waals surface area contributed by atoms with Gasteiger partial charge in [0, 0.05) is 23.5 Å². The van der Waals surface area contributed by atoms with E-state index < -0.39 is 0 Å². The number of hydrogen-bond acceptors (Lipinski definition) is 2. The number of pyridine rings is 1. The van der Waals surface area contributed by atoms with Gasteiger partial charge in [-0.3, -0.25) is 4.98 Å². The van der Waals surface area contributed by atoms with Crippen LogP contribution in [0.15, 0.2) is 60.9 Å². The zero-order valence-electron chi connectivity index (χ0n) is 10.7. The molecule has 0 N–H and O–H groups in total. The second-order valence-corrected chi connectivity index (χ2v) is 3.77. The summed E-state index contributed by atoms with van der Waals surface area (Å²) in [5.74, 6) is 11.7. The zero-order valence-corrected chi connectivity index (χ0v) is 10.7. The highest BCUT2D eigenvalue weighted by Gasteiger charge is 1.94. The van der Waals surface area contributed by atoms with Gasteiger partial charge in [0.2, 0.25) is 0 Å². The van der Waals surface area contributed by atoms with Crippen LogP contribution in [-0.4, -0.2) is 4.98 Å². The van der Waals surface area contributed by atoms with Crippen molar-refractivity contribution in [2.45, 2.75) is 0 Å². The highest BCUT2D eigenvalue weighted by molar-refractivity contribution is 5.49. The average Bonchev–Trinajstić information content (AvgIpc) is 2.52. The maximum Gasteiger partial charge on any atom is 0.100 e. The van der Waals surface area contributed by atoms with Gasteiger partial charge < -0.3 is 0 Å². The molecule has 2 heteroatoms. The zero-order chi connectivity index (χ0) is 14.0. The third-order valence-electron chi connectivity index (χ3n) is 2.40. The van der Waals surface area contributed by atoms with Gasteiger partial charge >= 0.3 is 0 Å². The number of aromatic nitrogens is 1. The Kier molecular flexibility index (Phi) is 4.75. The molecule has 20 heavy (non-hydrogen) atoms. The van der Waals surface area contributed by atoms with E-state index in [9.17, 15) is 0 Å².